The quantitative estimate of drug-likeness (QED) is 0.450. The van der Waals surface area contributed by atoms with Crippen molar-refractivity contribution in [2.24, 2.45) is 4.99 Å². The van der Waals surface area contributed by atoms with Gasteiger partial charge in [-0.25, -0.2) is 0 Å². The van der Waals surface area contributed by atoms with Gasteiger partial charge in [0.25, 0.3) is 0 Å². The summed E-state index contributed by atoms with van der Waals surface area (Å²) in [6.45, 7) is 9.38. The van der Waals surface area contributed by atoms with Gasteiger partial charge in [0.05, 0.1) is 7.11 Å². The van der Waals surface area contributed by atoms with Gasteiger partial charge in [-0.2, -0.15) is 13.2 Å². The smallest absolute Gasteiger partial charge is 0.422 e. The molecule has 0 aromatic heterocycles. The third-order valence-electron chi connectivity index (χ3n) is 4.29. The second-order valence-corrected chi connectivity index (χ2v) is 7.17. The zero-order valence-electron chi connectivity index (χ0n) is 18.1. The third-order valence-corrected chi connectivity index (χ3v) is 4.29. The summed E-state index contributed by atoms with van der Waals surface area (Å²) in [7, 11) is 3.08. The Morgan fingerprint density at radius 3 is 2.28 bits per heavy atom. The van der Waals surface area contributed by atoms with Gasteiger partial charge in [-0.15, -0.1) is 0 Å². The molecule has 0 atom stereocenters. The monoisotopic (exact) mass is 418 g/mol. The van der Waals surface area contributed by atoms with E-state index in [2.05, 4.69) is 48.2 Å². The molecule has 0 heterocycles. The highest BCUT2D eigenvalue weighted by Gasteiger charge is 2.29. The molecule has 0 spiro atoms. The van der Waals surface area contributed by atoms with Gasteiger partial charge in [0.1, 0.15) is 0 Å². The molecule has 166 valence electrons. The van der Waals surface area contributed by atoms with Crippen LogP contribution in [0.1, 0.15) is 33.3 Å². The first-order chi connectivity index (χ1) is 13.6. The second-order valence-electron chi connectivity index (χ2n) is 7.17. The normalized spacial score (nSPS) is 12.6. The molecule has 0 unspecified atom stereocenters. The first-order valence-corrected chi connectivity index (χ1v) is 9.64. The first-order valence-electron chi connectivity index (χ1n) is 9.64. The molecule has 1 aromatic rings. The summed E-state index contributed by atoms with van der Waals surface area (Å²) in [5.41, 5.74) is 0.829. The van der Waals surface area contributed by atoms with Gasteiger partial charge in [-0.1, -0.05) is 6.07 Å². The maximum Gasteiger partial charge on any atom is 0.422 e. The Labute approximate surface area is 171 Å². The predicted molar refractivity (Wildman–Crippen MR) is 110 cm³/mol. The van der Waals surface area contributed by atoms with Crippen molar-refractivity contribution < 1.29 is 22.6 Å². The summed E-state index contributed by atoms with van der Waals surface area (Å²) < 4.78 is 47.0. The van der Waals surface area contributed by atoms with Crippen LogP contribution in [0.3, 0.4) is 0 Å². The van der Waals surface area contributed by atoms with Gasteiger partial charge in [-0.05, 0) is 45.4 Å². The molecule has 0 aliphatic rings. The van der Waals surface area contributed by atoms with Crippen LogP contribution in [0.15, 0.2) is 23.2 Å². The van der Waals surface area contributed by atoms with Gasteiger partial charge >= 0.3 is 6.18 Å². The Hall–Kier alpha value is -2.16. The second kappa shape index (κ2) is 11.7. The van der Waals surface area contributed by atoms with Crippen LogP contribution in [0.25, 0.3) is 0 Å². The van der Waals surface area contributed by atoms with Gasteiger partial charge in [0.15, 0.2) is 24.1 Å². The fourth-order valence-electron chi connectivity index (χ4n) is 2.92. The van der Waals surface area contributed by atoms with Crippen molar-refractivity contribution >= 4 is 5.96 Å². The summed E-state index contributed by atoms with van der Waals surface area (Å²) in [6.07, 6.45) is -4.40. The predicted octanol–water partition coefficient (Wildman–Crippen LogP) is 3.42. The van der Waals surface area contributed by atoms with Crippen molar-refractivity contribution in [3.05, 3.63) is 23.8 Å². The highest BCUT2D eigenvalue weighted by atomic mass is 19.4. The summed E-state index contributed by atoms with van der Waals surface area (Å²) in [4.78, 5) is 6.58. The number of nitrogens with zero attached hydrogens (tertiary/aromatic N) is 2. The van der Waals surface area contributed by atoms with E-state index in [-0.39, 0.29) is 11.5 Å². The number of methoxy groups -OCH3 is 1. The summed E-state index contributed by atoms with van der Waals surface area (Å²) in [6, 6.07) is 5.72. The number of rotatable bonds is 10. The Bertz CT molecular complexity index is 641. The number of halogens is 3. The van der Waals surface area contributed by atoms with Gasteiger partial charge < -0.3 is 20.1 Å². The minimum absolute atomic E-state index is 0.0542. The van der Waals surface area contributed by atoms with E-state index >= 15 is 0 Å². The van der Waals surface area contributed by atoms with E-state index < -0.39 is 12.8 Å². The van der Waals surface area contributed by atoms with Crippen LogP contribution < -0.4 is 20.1 Å². The van der Waals surface area contributed by atoms with Crippen LogP contribution in [-0.2, 0) is 6.54 Å². The maximum absolute atomic E-state index is 12.3. The van der Waals surface area contributed by atoms with Gasteiger partial charge in [0.2, 0.25) is 0 Å². The Morgan fingerprint density at radius 1 is 1.10 bits per heavy atom. The number of nitrogens with one attached hydrogen (secondary N) is 2. The Morgan fingerprint density at radius 2 is 1.76 bits per heavy atom. The first kappa shape index (κ1) is 24.9. The molecule has 2 N–H and O–H groups in total. The fourth-order valence-corrected chi connectivity index (χ4v) is 2.92. The molecule has 1 aromatic carbocycles. The molecular formula is C20H33F3N4O2. The van der Waals surface area contributed by atoms with E-state index in [1.807, 2.05) is 0 Å². The van der Waals surface area contributed by atoms with Crippen molar-refractivity contribution in [2.45, 2.75) is 52.5 Å². The lowest BCUT2D eigenvalue weighted by molar-refractivity contribution is -0.153. The fraction of sp³-hybridized carbons (Fsp3) is 0.650. The Kier molecular flexibility index (Phi) is 10.1. The molecule has 1 rings (SSSR count). The largest absolute Gasteiger partial charge is 0.493 e. The van der Waals surface area contributed by atoms with Crippen LogP contribution in [0.2, 0.25) is 0 Å². The van der Waals surface area contributed by atoms with Crippen LogP contribution in [0.5, 0.6) is 11.5 Å². The van der Waals surface area contributed by atoms with E-state index in [9.17, 15) is 13.2 Å². The van der Waals surface area contributed by atoms with E-state index in [1.165, 1.54) is 13.2 Å². The summed E-state index contributed by atoms with van der Waals surface area (Å²) in [5, 5.41) is 6.46. The highest BCUT2D eigenvalue weighted by Crippen LogP contribution is 2.29. The van der Waals surface area contributed by atoms with Crippen molar-refractivity contribution in [1.29, 1.82) is 0 Å². The number of alkyl halides is 3. The van der Waals surface area contributed by atoms with Crippen LogP contribution in [0.4, 0.5) is 13.2 Å². The molecule has 6 nitrogen and oxygen atoms in total. The van der Waals surface area contributed by atoms with Crippen LogP contribution in [0, 0.1) is 0 Å². The molecule has 0 amide bonds. The lowest BCUT2D eigenvalue weighted by Gasteiger charge is -2.30. The maximum atomic E-state index is 12.3. The standard InChI is InChI=1S/C20H33F3N4O2/c1-14(2)27(15(3)4)10-9-25-19(24-5)26-12-16-7-8-17(18(11-16)28-6)29-13-20(21,22)23/h7-8,11,14-15H,9-10,12-13H2,1-6H3,(H2,24,25,26). The molecule has 0 aliphatic carbocycles. The van der Waals surface area contributed by atoms with Crippen molar-refractivity contribution in [1.82, 2.24) is 15.5 Å². The minimum Gasteiger partial charge on any atom is -0.493 e. The average Bonchev–Trinajstić information content (AvgIpc) is 2.64. The SMILES string of the molecule is CN=C(NCCN(C(C)C)C(C)C)NCc1ccc(OCC(F)(F)F)c(OC)c1. The van der Waals surface area contributed by atoms with E-state index in [4.69, 9.17) is 9.47 Å². The molecule has 0 radical (unpaired) electrons. The lowest BCUT2D eigenvalue weighted by atomic mass is 10.2. The zero-order valence-corrected chi connectivity index (χ0v) is 18.1. The molecule has 0 fully saturated rings. The molecule has 0 bridgehead atoms. The van der Waals surface area contributed by atoms with E-state index in [0.717, 1.165) is 18.7 Å². The van der Waals surface area contributed by atoms with Crippen LogP contribution >= 0.6 is 0 Å². The number of hydrogen-bond donors (Lipinski definition) is 2. The van der Waals surface area contributed by atoms with Gasteiger partial charge in [-0.3, -0.25) is 9.89 Å². The number of aliphatic imine (C=N–C) groups is 1. The van der Waals surface area contributed by atoms with Crippen LogP contribution in [-0.4, -0.2) is 63.0 Å². The number of benzene rings is 1. The molecule has 0 aliphatic heterocycles. The minimum atomic E-state index is -4.40. The van der Waals surface area contributed by atoms with Crippen molar-refractivity contribution in [2.75, 3.05) is 33.9 Å². The van der Waals surface area contributed by atoms with Crippen molar-refractivity contribution in [3.8, 4) is 11.5 Å². The molecule has 9 heteroatoms. The number of ether oxygens (including phenoxy) is 2. The highest BCUT2D eigenvalue weighted by molar-refractivity contribution is 5.79. The zero-order chi connectivity index (χ0) is 22.0. The molecular weight excluding hydrogens is 385 g/mol. The van der Waals surface area contributed by atoms with E-state index in [1.54, 1.807) is 19.2 Å². The topological polar surface area (TPSA) is 58.1 Å². The average molecular weight is 419 g/mol. The summed E-state index contributed by atoms with van der Waals surface area (Å²) in [5.74, 6) is 0.952. The lowest BCUT2D eigenvalue weighted by Crippen LogP contribution is -2.45. The number of guanidine groups is 1. The molecule has 0 saturated carbocycles. The third kappa shape index (κ3) is 9.25. The van der Waals surface area contributed by atoms with Gasteiger partial charge in [0, 0.05) is 38.8 Å². The van der Waals surface area contributed by atoms with Crippen molar-refractivity contribution in [3.63, 3.8) is 0 Å². The summed E-state index contributed by atoms with van der Waals surface area (Å²) >= 11 is 0. The molecule has 0 saturated heterocycles. The van der Waals surface area contributed by atoms with E-state index in [0.29, 0.717) is 24.6 Å². The molecule has 29 heavy (non-hydrogen) atoms. The number of hydrogen-bond acceptors (Lipinski definition) is 4. The Balaban J connectivity index is 2.59.